The standard InChI is InChI=1S/C21H23N3O3/c1-24(2)18-9-7-6-8-15(18)17-13-22-12-16(23-17)14-10-19(25-3)21(27-5)20(11-14)26-4/h6-13H,1-5H3. The minimum Gasteiger partial charge on any atom is -0.493 e. The number of nitrogens with zero attached hydrogens (tertiary/aromatic N) is 3. The minimum absolute atomic E-state index is 0.547. The Hall–Kier alpha value is -3.28. The van der Waals surface area contributed by atoms with Crippen LogP contribution in [0.3, 0.4) is 0 Å². The summed E-state index contributed by atoms with van der Waals surface area (Å²) in [6, 6.07) is 11.8. The molecular formula is C21H23N3O3. The molecule has 0 amide bonds. The third kappa shape index (κ3) is 3.65. The molecule has 0 radical (unpaired) electrons. The Morgan fingerprint density at radius 3 is 2.04 bits per heavy atom. The quantitative estimate of drug-likeness (QED) is 0.660. The van der Waals surface area contributed by atoms with E-state index in [4.69, 9.17) is 19.2 Å². The third-order valence-electron chi connectivity index (χ3n) is 4.26. The van der Waals surface area contributed by atoms with Crippen molar-refractivity contribution in [3.63, 3.8) is 0 Å². The van der Waals surface area contributed by atoms with E-state index in [1.165, 1.54) is 0 Å². The molecule has 0 fully saturated rings. The largest absolute Gasteiger partial charge is 0.493 e. The van der Waals surface area contributed by atoms with Crippen molar-refractivity contribution >= 4 is 5.69 Å². The number of benzene rings is 2. The van der Waals surface area contributed by atoms with E-state index in [9.17, 15) is 0 Å². The lowest BCUT2D eigenvalue weighted by Gasteiger charge is -2.17. The van der Waals surface area contributed by atoms with Gasteiger partial charge in [0.25, 0.3) is 0 Å². The van der Waals surface area contributed by atoms with Crippen LogP contribution in [0.4, 0.5) is 5.69 Å². The van der Waals surface area contributed by atoms with Crippen molar-refractivity contribution in [3.05, 3.63) is 48.8 Å². The SMILES string of the molecule is COc1cc(-c2cncc(-c3ccccc3N(C)C)n2)cc(OC)c1OC. The van der Waals surface area contributed by atoms with Crippen LogP contribution in [0.2, 0.25) is 0 Å². The molecule has 2 aromatic carbocycles. The molecule has 0 aliphatic heterocycles. The zero-order valence-corrected chi connectivity index (χ0v) is 16.2. The lowest BCUT2D eigenvalue weighted by atomic mass is 10.1. The maximum absolute atomic E-state index is 5.45. The number of anilines is 1. The second-order valence-corrected chi connectivity index (χ2v) is 6.12. The summed E-state index contributed by atoms with van der Waals surface area (Å²) < 4.78 is 16.3. The van der Waals surface area contributed by atoms with E-state index in [-0.39, 0.29) is 0 Å². The molecule has 0 N–H and O–H groups in total. The second-order valence-electron chi connectivity index (χ2n) is 6.12. The Morgan fingerprint density at radius 1 is 0.815 bits per heavy atom. The fraction of sp³-hybridized carbons (Fsp3) is 0.238. The molecule has 0 aliphatic carbocycles. The van der Waals surface area contributed by atoms with Gasteiger partial charge in [0.1, 0.15) is 0 Å². The van der Waals surface area contributed by atoms with Gasteiger partial charge in [-0.05, 0) is 18.2 Å². The van der Waals surface area contributed by atoms with Crippen LogP contribution in [0.5, 0.6) is 17.2 Å². The number of rotatable bonds is 6. The predicted octanol–water partition coefficient (Wildman–Crippen LogP) is 3.90. The van der Waals surface area contributed by atoms with Crippen molar-refractivity contribution in [2.45, 2.75) is 0 Å². The van der Waals surface area contributed by atoms with Crippen molar-refractivity contribution in [2.75, 3.05) is 40.3 Å². The van der Waals surface area contributed by atoms with E-state index < -0.39 is 0 Å². The molecular weight excluding hydrogens is 342 g/mol. The molecule has 0 aliphatic rings. The summed E-state index contributed by atoms with van der Waals surface area (Å²) in [5.74, 6) is 1.70. The van der Waals surface area contributed by atoms with Crippen molar-refractivity contribution in [2.24, 2.45) is 0 Å². The van der Waals surface area contributed by atoms with Gasteiger partial charge < -0.3 is 19.1 Å². The van der Waals surface area contributed by atoms with Gasteiger partial charge in [0.15, 0.2) is 11.5 Å². The zero-order chi connectivity index (χ0) is 19.4. The van der Waals surface area contributed by atoms with E-state index in [0.29, 0.717) is 17.2 Å². The van der Waals surface area contributed by atoms with E-state index in [0.717, 1.165) is 28.2 Å². The van der Waals surface area contributed by atoms with Gasteiger partial charge in [-0.1, -0.05) is 18.2 Å². The van der Waals surface area contributed by atoms with Crippen molar-refractivity contribution in [1.29, 1.82) is 0 Å². The molecule has 0 unspecified atom stereocenters. The van der Waals surface area contributed by atoms with Crippen molar-refractivity contribution < 1.29 is 14.2 Å². The molecule has 1 heterocycles. The highest BCUT2D eigenvalue weighted by Gasteiger charge is 2.16. The van der Waals surface area contributed by atoms with Crippen LogP contribution in [0, 0.1) is 0 Å². The second kappa shape index (κ2) is 7.95. The fourth-order valence-corrected chi connectivity index (χ4v) is 2.94. The molecule has 6 nitrogen and oxygen atoms in total. The van der Waals surface area contributed by atoms with E-state index in [1.54, 1.807) is 33.7 Å². The number of hydrogen-bond acceptors (Lipinski definition) is 6. The van der Waals surface area contributed by atoms with Gasteiger partial charge in [-0.2, -0.15) is 0 Å². The van der Waals surface area contributed by atoms with Crippen LogP contribution in [0.15, 0.2) is 48.8 Å². The number of para-hydroxylation sites is 1. The Morgan fingerprint density at radius 2 is 1.44 bits per heavy atom. The van der Waals surface area contributed by atoms with Crippen LogP contribution in [0.1, 0.15) is 0 Å². The highest BCUT2D eigenvalue weighted by Crippen LogP contribution is 2.41. The van der Waals surface area contributed by atoms with Gasteiger partial charge in [0.2, 0.25) is 5.75 Å². The summed E-state index contributed by atoms with van der Waals surface area (Å²) >= 11 is 0. The Labute approximate surface area is 159 Å². The zero-order valence-electron chi connectivity index (χ0n) is 16.2. The first-order valence-corrected chi connectivity index (χ1v) is 8.48. The smallest absolute Gasteiger partial charge is 0.203 e. The van der Waals surface area contributed by atoms with E-state index in [1.807, 2.05) is 44.4 Å². The highest BCUT2D eigenvalue weighted by atomic mass is 16.5. The molecule has 6 heteroatoms. The molecule has 0 spiro atoms. The van der Waals surface area contributed by atoms with E-state index >= 15 is 0 Å². The van der Waals surface area contributed by atoms with Crippen LogP contribution in [-0.4, -0.2) is 45.4 Å². The monoisotopic (exact) mass is 365 g/mol. The molecule has 140 valence electrons. The molecule has 0 saturated heterocycles. The topological polar surface area (TPSA) is 56.7 Å². The van der Waals surface area contributed by atoms with Gasteiger partial charge in [-0.25, -0.2) is 4.98 Å². The Bertz CT molecular complexity index is 916. The highest BCUT2D eigenvalue weighted by molar-refractivity contribution is 5.77. The lowest BCUT2D eigenvalue weighted by Crippen LogP contribution is -2.10. The normalized spacial score (nSPS) is 10.4. The molecule has 3 rings (SSSR count). The molecule has 27 heavy (non-hydrogen) atoms. The average molecular weight is 365 g/mol. The third-order valence-corrected chi connectivity index (χ3v) is 4.26. The van der Waals surface area contributed by atoms with Gasteiger partial charge in [-0.15, -0.1) is 0 Å². The molecule has 0 saturated carbocycles. The Balaban J connectivity index is 2.12. The summed E-state index contributed by atoms with van der Waals surface area (Å²) in [5.41, 5.74) is 4.45. The molecule has 3 aromatic rings. The van der Waals surface area contributed by atoms with Gasteiger partial charge in [0, 0.05) is 30.9 Å². The predicted molar refractivity (Wildman–Crippen MR) is 107 cm³/mol. The van der Waals surface area contributed by atoms with Crippen LogP contribution in [-0.2, 0) is 0 Å². The molecule has 0 atom stereocenters. The van der Waals surface area contributed by atoms with E-state index in [2.05, 4.69) is 16.0 Å². The maximum atomic E-state index is 5.45. The average Bonchev–Trinajstić information content (AvgIpc) is 2.72. The number of methoxy groups -OCH3 is 3. The lowest BCUT2D eigenvalue weighted by molar-refractivity contribution is 0.324. The number of ether oxygens (including phenoxy) is 3. The first-order chi connectivity index (χ1) is 13.1. The molecule has 0 bridgehead atoms. The number of hydrogen-bond donors (Lipinski definition) is 0. The van der Waals surface area contributed by atoms with Gasteiger partial charge in [0.05, 0.1) is 45.1 Å². The van der Waals surface area contributed by atoms with Crippen molar-refractivity contribution in [3.8, 4) is 39.8 Å². The first kappa shape index (κ1) is 18.5. The fourth-order valence-electron chi connectivity index (χ4n) is 2.94. The summed E-state index contributed by atoms with van der Waals surface area (Å²) in [6.45, 7) is 0. The van der Waals surface area contributed by atoms with Gasteiger partial charge >= 0.3 is 0 Å². The first-order valence-electron chi connectivity index (χ1n) is 8.48. The maximum Gasteiger partial charge on any atom is 0.203 e. The summed E-state index contributed by atoms with van der Waals surface area (Å²) in [5, 5.41) is 0. The summed E-state index contributed by atoms with van der Waals surface area (Å²) in [4.78, 5) is 11.3. The van der Waals surface area contributed by atoms with Crippen molar-refractivity contribution in [1.82, 2.24) is 9.97 Å². The van der Waals surface area contributed by atoms with Crippen LogP contribution >= 0.6 is 0 Å². The summed E-state index contributed by atoms with van der Waals surface area (Å²) in [7, 11) is 8.79. The van der Waals surface area contributed by atoms with Gasteiger partial charge in [-0.3, -0.25) is 4.98 Å². The Kier molecular flexibility index (Phi) is 5.45. The van der Waals surface area contributed by atoms with Crippen LogP contribution < -0.4 is 19.1 Å². The minimum atomic E-state index is 0.547. The van der Waals surface area contributed by atoms with Crippen LogP contribution in [0.25, 0.3) is 22.5 Å². The summed E-state index contributed by atoms with van der Waals surface area (Å²) in [6.07, 6.45) is 3.49. The molecule has 1 aromatic heterocycles. The number of aromatic nitrogens is 2.